The van der Waals surface area contributed by atoms with E-state index in [2.05, 4.69) is 6.07 Å². The Morgan fingerprint density at radius 3 is 2.41 bits per heavy atom. The van der Waals surface area contributed by atoms with Crippen molar-refractivity contribution in [2.24, 2.45) is 0 Å². The summed E-state index contributed by atoms with van der Waals surface area (Å²) in [5.74, 6) is -0.753. The minimum Gasteiger partial charge on any atom is -0.481 e. The lowest BCUT2D eigenvalue weighted by Gasteiger charge is -2.26. The molecule has 17 heavy (non-hydrogen) atoms. The molecule has 0 bridgehead atoms. The van der Waals surface area contributed by atoms with Gasteiger partial charge in [0.05, 0.1) is 6.42 Å². The Morgan fingerprint density at radius 1 is 1.29 bits per heavy atom. The zero-order valence-corrected chi connectivity index (χ0v) is 12.2. The van der Waals surface area contributed by atoms with E-state index in [1.54, 1.807) is 23.5 Å². The third-order valence-corrected chi connectivity index (χ3v) is 4.48. The number of carboxylic acid groups (broad SMARTS) is 1. The van der Waals surface area contributed by atoms with Gasteiger partial charge in [0.1, 0.15) is 0 Å². The Morgan fingerprint density at radius 2 is 1.94 bits per heavy atom. The Hall–Kier alpha value is -0.610. The van der Waals surface area contributed by atoms with E-state index < -0.39 is 5.97 Å². The molecule has 1 aromatic carbocycles. The molecule has 4 heteroatoms. The van der Waals surface area contributed by atoms with Crippen LogP contribution in [0.3, 0.4) is 0 Å². The van der Waals surface area contributed by atoms with Gasteiger partial charge in [-0.15, -0.1) is 23.5 Å². The molecule has 1 N–H and O–H groups in total. The van der Waals surface area contributed by atoms with E-state index in [1.807, 2.05) is 38.5 Å². The second-order valence-corrected chi connectivity index (χ2v) is 6.16. The molecule has 0 aliphatic heterocycles. The third-order valence-electron chi connectivity index (χ3n) is 2.73. The fourth-order valence-corrected chi connectivity index (χ4v) is 3.74. The third kappa shape index (κ3) is 3.42. The standard InChI is InChI=1S/C13H18O2S2/c1-13(2,8-11(14)15)9-6-5-7-10(16-3)12(9)17-4/h5-7H,8H2,1-4H3,(H,14,15). The molecule has 2 nitrogen and oxygen atoms in total. The van der Waals surface area contributed by atoms with Gasteiger partial charge in [0.15, 0.2) is 0 Å². The first-order chi connectivity index (χ1) is 7.92. The molecule has 0 amide bonds. The van der Waals surface area contributed by atoms with Crippen molar-refractivity contribution >= 4 is 29.5 Å². The lowest BCUT2D eigenvalue weighted by molar-refractivity contribution is -0.138. The van der Waals surface area contributed by atoms with Crippen LogP contribution < -0.4 is 0 Å². The summed E-state index contributed by atoms with van der Waals surface area (Å²) in [6, 6.07) is 6.12. The first kappa shape index (κ1) is 14.5. The van der Waals surface area contributed by atoms with Crippen molar-refractivity contribution in [1.29, 1.82) is 0 Å². The van der Waals surface area contributed by atoms with Crippen molar-refractivity contribution in [2.75, 3.05) is 12.5 Å². The van der Waals surface area contributed by atoms with Crippen molar-refractivity contribution in [1.82, 2.24) is 0 Å². The first-order valence-corrected chi connectivity index (χ1v) is 7.80. The minimum absolute atomic E-state index is 0.151. The van der Waals surface area contributed by atoms with E-state index in [4.69, 9.17) is 5.11 Å². The van der Waals surface area contributed by atoms with Crippen LogP contribution in [0.2, 0.25) is 0 Å². The normalized spacial score (nSPS) is 11.5. The molecule has 0 aliphatic rings. The van der Waals surface area contributed by atoms with E-state index in [1.165, 1.54) is 9.79 Å². The average molecular weight is 270 g/mol. The predicted octanol–water partition coefficient (Wildman–Crippen LogP) is 3.88. The highest BCUT2D eigenvalue weighted by Crippen LogP contribution is 2.39. The quantitative estimate of drug-likeness (QED) is 0.824. The molecule has 0 radical (unpaired) electrons. The smallest absolute Gasteiger partial charge is 0.304 e. The molecule has 1 rings (SSSR count). The Balaban J connectivity index is 3.25. The minimum atomic E-state index is -0.753. The van der Waals surface area contributed by atoms with E-state index in [0.29, 0.717) is 0 Å². The molecule has 0 aromatic heterocycles. The van der Waals surface area contributed by atoms with Gasteiger partial charge in [-0.2, -0.15) is 0 Å². The topological polar surface area (TPSA) is 37.3 Å². The second-order valence-electron chi connectivity index (χ2n) is 4.50. The van der Waals surface area contributed by atoms with Gasteiger partial charge in [-0.3, -0.25) is 4.79 Å². The van der Waals surface area contributed by atoms with Gasteiger partial charge in [0.2, 0.25) is 0 Å². The summed E-state index contributed by atoms with van der Waals surface area (Å²) in [4.78, 5) is 13.3. The van der Waals surface area contributed by atoms with Crippen LogP contribution in [-0.2, 0) is 10.2 Å². The number of rotatable bonds is 5. The Kier molecular flexibility index (Phi) is 4.95. The molecule has 94 valence electrons. The van der Waals surface area contributed by atoms with Crippen LogP contribution in [0.15, 0.2) is 28.0 Å². The lowest BCUT2D eigenvalue weighted by Crippen LogP contribution is -2.22. The summed E-state index contributed by atoms with van der Waals surface area (Å²) in [5.41, 5.74) is 0.787. The number of carboxylic acids is 1. The van der Waals surface area contributed by atoms with Crippen molar-refractivity contribution < 1.29 is 9.90 Å². The van der Waals surface area contributed by atoms with Crippen LogP contribution in [-0.4, -0.2) is 23.6 Å². The monoisotopic (exact) mass is 270 g/mol. The number of carbonyl (C=O) groups is 1. The van der Waals surface area contributed by atoms with Crippen LogP contribution in [0.1, 0.15) is 25.8 Å². The van der Waals surface area contributed by atoms with E-state index in [-0.39, 0.29) is 11.8 Å². The van der Waals surface area contributed by atoms with Crippen molar-refractivity contribution in [3.63, 3.8) is 0 Å². The molecule has 0 atom stereocenters. The Labute approximate surface area is 111 Å². The average Bonchev–Trinajstić information content (AvgIpc) is 2.26. The fraction of sp³-hybridized carbons (Fsp3) is 0.462. The van der Waals surface area contributed by atoms with Gasteiger partial charge in [0, 0.05) is 15.2 Å². The molecule has 0 heterocycles. The maximum Gasteiger partial charge on any atom is 0.304 e. The maximum absolute atomic E-state index is 10.9. The largest absolute Gasteiger partial charge is 0.481 e. The first-order valence-electron chi connectivity index (χ1n) is 5.35. The van der Waals surface area contributed by atoms with Crippen molar-refractivity contribution in [3.8, 4) is 0 Å². The number of thioether (sulfide) groups is 2. The molecular weight excluding hydrogens is 252 g/mol. The Bertz CT molecular complexity index is 414. The maximum atomic E-state index is 10.9. The van der Waals surface area contributed by atoms with E-state index in [0.717, 1.165) is 5.56 Å². The highest BCUT2D eigenvalue weighted by Gasteiger charge is 2.27. The SMILES string of the molecule is CSc1cccc(C(C)(C)CC(=O)O)c1SC. The summed E-state index contributed by atoms with van der Waals surface area (Å²) in [5, 5.41) is 8.99. The fourth-order valence-electron chi connectivity index (χ4n) is 1.89. The van der Waals surface area contributed by atoms with Gasteiger partial charge in [-0.25, -0.2) is 0 Å². The predicted molar refractivity (Wildman–Crippen MR) is 75.3 cm³/mol. The van der Waals surface area contributed by atoms with Crippen LogP contribution in [0.4, 0.5) is 0 Å². The van der Waals surface area contributed by atoms with Gasteiger partial charge < -0.3 is 5.11 Å². The van der Waals surface area contributed by atoms with Crippen LogP contribution >= 0.6 is 23.5 Å². The van der Waals surface area contributed by atoms with Gasteiger partial charge in [-0.1, -0.05) is 26.0 Å². The molecule has 0 saturated carbocycles. The molecule has 0 aliphatic carbocycles. The number of aliphatic carboxylic acids is 1. The molecular formula is C13H18O2S2. The number of hydrogen-bond donors (Lipinski definition) is 1. The van der Waals surface area contributed by atoms with E-state index >= 15 is 0 Å². The summed E-state index contributed by atoms with van der Waals surface area (Å²) in [7, 11) is 0. The van der Waals surface area contributed by atoms with Crippen molar-refractivity contribution in [3.05, 3.63) is 23.8 Å². The van der Waals surface area contributed by atoms with Crippen molar-refractivity contribution in [2.45, 2.75) is 35.5 Å². The molecule has 1 aromatic rings. The second kappa shape index (κ2) is 5.83. The highest BCUT2D eigenvalue weighted by atomic mass is 32.2. The van der Waals surface area contributed by atoms with E-state index in [9.17, 15) is 4.79 Å². The number of benzene rings is 1. The zero-order valence-electron chi connectivity index (χ0n) is 10.6. The van der Waals surface area contributed by atoms with Gasteiger partial charge in [-0.05, 0) is 24.1 Å². The summed E-state index contributed by atoms with van der Waals surface area (Å²) in [6.07, 6.45) is 4.23. The highest BCUT2D eigenvalue weighted by molar-refractivity contribution is 8.01. The van der Waals surface area contributed by atoms with Crippen LogP contribution in [0.5, 0.6) is 0 Å². The zero-order chi connectivity index (χ0) is 13.1. The summed E-state index contributed by atoms with van der Waals surface area (Å²) in [6.45, 7) is 3.97. The van der Waals surface area contributed by atoms with Gasteiger partial charge in [0.25, 0.3) is 0 Å². The van der Waals surface area contributed by atoms with Crippen LogP contribution in [0, 0.1) is 0 Å². The summed E-state index contributed by atoms with van der Waals surface area (Å²) >= 11 is 3.39. The number of hydrogen-bond acceptors (Lipinski definition) is 3. The summed E-state index contributed by atoms with van der Waals surface area (Å²) < 4.78 is 0. The van der Waals surface area contributed by atoms with Gasteiger partial charge >= 0.3 is 5.97 Å². The molecule has 0 spiro atoms. The molecule has 0 unspecified atom stereocenters. The molecule has 0 saturated heterocycles. The van der Waals surface area contributed by atoms with Crippen LogP contribution in [0.25, 0.3) is 0 Å². The lowest BCUT2D eigenvalue weighted by atomic mass is 9.81. The molecule has 0 fully saturated rings.